The zero-order chi connectivity index (χ0) is 11.7. The molecule has 0 radical (unpaired) electrons. The van der Waals surface area contributed by atoms with Crippen molar-refractivity contribution in [2.24, 2.45) is 0 Å². The van der Waals surface area contributed by atoms with Gasteiger partial charge in [0.1, 0.15) is 5.01 Å². The van der Waals surface area contributed by atoms with Gasteiger partial charge in [-0.2, -0.15) is 0 Å². The number of nitrogens with zero attached hydrogens (tertiary/aromatic N) is 2. The van der Waals surface area contributed by atoms with Gasteiger partial charge in [0.2, 0.25) is 0 Å². The van der Waals surface area contributed by atoms with Crippen molar-refractivity contribution in [3.8, 4) is 10.6 Å². The SMILES string of the molecule is Cc1sc(-c2cncc(Br)c2)nc1C(=O)O. The zero-order valence-corrected chi connectivity index (χ0v) is 10.7. The lowest BCUT2D eigenvalue weighted by Gasteiger charge is -1.95. The van der Waals surface area contributed by atoms with Crippen LogP contribution in [0.1, 0.15) is 15.4 Å². The number of aryl methyl sites for hydroxylation is 1. The zero-order valence-electron chi connectivity index (χ0n) is 8.27. The van der Waals surface area contributed by atoms with Gasteiger partial charge in [0, 0.05) is 27.3 Å². The van der Waals surface area contributed by atoms with E-state index in [1.165, 1.54) is 11.3 Å². The van der Waals surface area contributed by atoms with Crippen LogP contribution in [0.15, 0.2) is 22.9 Å². The summed E-state index contributed by atoms with van der Waals surface area (Å²) in [7, 11) is 0. The van der Waals surface area contributed by atoms with Crippen LogP contribution in [0.2, 0.25) is 0 Å². The predicted molar refractivity (Wildman–Crippen MR) is 64.7 cm³/mol. The Labute approximate surface area is 104 Å². The minimum Gasteiger partial charge on any atom is -0.476 e. The molecule has 4 nitrogen and oxygen atoms in total. The highest BCUT2D eigenvalue weighted by atomic mass is 79.9. The van der Waals surface area contributed by atoms with E-state index in [-0.39, 0.29) is 5.69 Å². The molecule has 2 aromatic heterocycles. The van der Waals surface area contributed by atoms with Crippen molar-refractivity contribution in [3.63, 3.8) is 0 Å². The van der Waals surface area contributed by atoms with Crippen LogP contribution in [0.5, 0.6) is 0 Å². The summed E-state index contributed by atoms with van der Waals surface area (Å²) in [6, 6.07) is 1.86. The number of hydrogen-bond acceptors (Lipinski definition) is 4. The lowest BCUT2D eigenvalue weighted by molar-refractivity contribution is 0.0690. The average molecular weight is 299 g/mol. The summed E-state index contributed by atoms with van der Waals surface area (Å²) in [4.78, 5) is 19.6. The summed E-state index contributed by atoms with van der Waals surface area (Å²) < 4.78 is 0.842. The second kappa shape index (κ2) is 4.31. The molecule has 0 saturated carbocycles. The molecule has 6 heteroatoms. The molecular formula is C10H7BrN2O2S. The van der Waals surface area contributed by atoms with Crippen molar-refractivity contribution in [1.29, 1.82) is 0 Å². The van der Waals surface area contributed by atoms with Gasteiger partial charge in [0.25, 0.3) is 0 Å². The molecule has 0 aliphatic heterocycles. The number of carboxylic acids is 1. The van der Waals surface area contributed by atoms with Crippen LogP contribution < -0.4 is 0 Å². The number of pyridine rings is 1. The van der Waals surface area contributed by atoms with Gasteiger partial charge in [-0.25, -0.2) is 9.78 Å². The van der Waals surface area contributed by atoms with Crippen LogP contribution in [0, 0.1) is 6.92 Å². The summed E-state index contributed by atoms with van der Waals surface area (Å²) in [6.07, 6.45) is 3.33. The Bertz CT molecular complexity index is 554. The maximum atomic E-state index is 10.9. The van der Waals surface area contributed by atoms with E-state index in [4.69, 9.17) is 5.11 Å². The molecule has 0 bridgehead atoms. The second-order valence-corrected chi connectivity index (χ2v) is 5.24. The Morgan fingerprint density at radius 2 is 2.25 bits per heavy atom. The van der Waals surface area contributed by atoms with Crippen molar-refractivity contribution in [3.05, 3.63) is 33.5 Å². The number of rotatable bonds is 2. The molecule has 2 rings (SSSR count). The molecule has 0 amide bonds. The van der Waals surface area contributed by atoms with Crippen LogP contribution in [-0.2, 0) is 0 Å². The van der Waals surface area contributed by atoms with E-state index in [0.717, 1.165) is 10.0 Å². The summed E-state index contributed by atoms with van der Waals surface area (Å²) in [5, 5.41) is 9.57. The largest absolute Gasteiger partial charge is 0.476 e. The monoisotopic (exact) mass is 298 g/mol. The minimum absolute atomic E-state index is 0.111. The number of carbonyl (C=O) groups is 1. The van der Waals surface area contributed by atoms with Crippen LogP contribution in [0.4, 0.5) is 0 Å². The fourth-order valence-electron chi connectivity index (χ4n) is 1.25. The number of thiazole rings is 1. The normalized spacial score (nSPS) is 10.4. The fraction of sp³-hybridized carbons (Fsp3) is 0.100. The number of aromatic carboxylic acids is 1. The minimum atomic E-state index is -0.997. The Balaban J connectivity index is 2.49. The average Bonchev–Trinajstić information content (AvgIpc) is 2.60. The first-order valence-corrected chi connectivity index (χ1v) is 6.00. The Morgan fingerprint density at radius 3 is 2.81 bits per heavy atom. The van der Waals surface area contributed by atoms with Crippen LogP contribution in [0.3, 0.4) is 0 Å². The van der Waals surface area contributed by atoms with Crippen LogP contribution in [0.25, 0.3) is 10.6 Å². The molecule has 0 aromatic carbocycles. The third-order valence-electron chi connectivity index (χ3n) is 1.95. The third kappa shape index (κ3) is 2.12. The van der Waals surface area contributed by atoms with Gasteiger partial charge in [-0.15, -0.1) is 11.3 Å². The molecule has 0 unspecified atom stereocenters. The van der Waals surface area contributed by atoms with E-state index in [1.54, 1.807) is 19.3 Å². The first-order chi connectivity index (χ1) is 7.58. The van der Waals surface area contributed by atoms with Crippen molar-refractivity contribution < 1.29 is 9.90 Å². The molecule has 82 valence electrons. The van der Waals surface area contributed by atoms with E-state index in [9.17, 15) is 4.79 Å². The van der Waals surface area contributed by atoms with E-state index in [0.29, 0.717) is 9.88 Å². The number of hydrogen-bond donors (Lipinski definition) is 1. The van der Waals surface area contributed by atoms with Gasteiger partial charge < -0.3 is 5.11 Å². The molecule has 0 spiro atoms. The summed E-state index contributed by atoms with van der Waals surface area (Å²) in [6.45, 7) is 1.75. The van der Waals surface area contributed by atoms with Crippen LogP contribution in [-0.4, -0.2) is 21.0 Å². The first kappa shape index (κ1) is 11.2. The lowest BCUT2D eigenvalue weighted by atomic mass is 10.3. The maximum Gasteiger partial charge on any atom is 0.355 e. The molecular weight excluding hydrogens is 292 g/mol. The molecule has 0 aliphatic carbocycles. The molecule has 2 aromatic rings. The molecule has 2 heterocycles. The fourth-order valence-corrected chi connectivity index (χ4v) is 2.50. The van der Waals surface area contributed by atoms with Gasteiger partial charge in [-0.3, -0.25) is 4.98 Å². The van der Waals surface area contributed by atoms with E-state index in [2.05, 4.69) is 25.9 Å². The summed E-state index contributed by atoms with van der Waals surface area (Å²) in [5.41, 5.74) is 0.926. The van der Waals surface area contributed by atoms with E-state index >= 15 is 0 Å². The first-order valence-electron chi connectivity index (χ1n) is 4.39. The maximum absolute atomic E-state index is 10.9. The Morgan fingerprint density at radius 1 is 1.50 bits per heavy atom. The van der Waals surface area contributed by atoms with Crippen molar-refractivity contribution in [2.45, 2.75) is 6.92 Å². The lowest BCUT2D eigenvalue weighted by Crippen LogP contribution is -1.98. The summed E-state index contributed by atoms with van der Waals surface area (Å²) in [5.74, 6) is -0.997. The van der Waals surface area contributed by atoms with Crippen LogP contribution >= 0.6 is 27.3 Å². The molecule has 0 saturated heterocycles. The molecule has 1 N–H and O–H groups in total. The molecule has 16 heavy (non-hydrogen) atoms. The Hall–Kier alpha value is -1.27. The molecule has 0 fully saturated rings. The van der Waals surface area contributed by atoms with Gasteiger partial charge in [-0.05, 0) is 28.9 Å². The van der Waals surface area contributed by atoms with E-state index in [1.807, 2.05) is 6.07 Å². The highest BCUT2D eigenvalue weighted by molar-refractivity contribution is 9.10. The number of carboxylic acid groups (broad SMARTS) is 1. The van der Waals surface area contributed by atoms with Crippen molar-refractivity contribution in [2.75, 3.05) is 0 Å². The van der Waals surface area contributed by atoms with Crippen molar-refractivity contribution in [1.82, 2.24) is 9.97 Å². The van der Waals surface area contributed by atoms with E-state index < -0.39 is 5.97 Å². The number of halogens is 1. The molecule has 0 atom stereocenters. The van der Waals surface area contributed by atoms with Crippen molar-refractivity contribution >= 4 is 33.2 Å². The van der Waals surface area contributed by atoms with Gasteiger partial charge in [0.15, 0.2) is 5.69 Å². The van der Waals surface area contributed by atoms with Gasteiger partial charge in [-0.1, -0.05) is 0 Å². The van der Waals surface area contributed by atoms with Gasteiger partial charge in [0.05, 0.1) is 0 Å². The van der Waals surface area contributed by atoms with Gasteiger partial charge >= 0.3 is 5.97 Å². The second-order valence-electron chi connectivity index (χ2n) is 3.12. The highest BCUT2D eigenvalue weighted by Crippen LogP contribution is 2.28. The number of aromatic nitrogens is 2. The standard InChI is InChI=1S/C10H7BrN2O2S/c1-5-8(10(14)15)13-9(16-5)6-2-7(11)4-12-3-6/h2-4H,1H3,(H,14,15). The topological polar surface area (TPSA) is 63.1 Å². The molecule has 0 aliphatic rings. The quantitative estimate of drug-likeness (QED) is 0.926. The predicted octanol–water partition coefficient (Wildman–Crippen LogP) is 2.97. The third-order valence-corrected chi connectivity index (χ3v) is 3.40. The smallest absolute Gasteiger partial charge is 0.355 e. The Kier molecular flexibility index (Phi) is 3.02. The summed E-state index contributed by atoms with van der Waals surface area (Å²) >= 11 is 4.66. The highest BCUT2D eigenvalue weighted by Gasteiger charge is 2.15.